The van der Waals surface area contributed by atoms with Crippen LogP contribution in [0.4, 0.5) is 9.18 Å². The van der Waals surface area contributed by atoms with E-state index in [2.05, 4.69) is 39.5 Å². The number of rotatable bonds is 6. The van der Waals surface area contributed by atoms with Gasteiger partial charge in [0.25, 0.3) is 0 Å². The van der Waals surface area contributed by atoms with E-state index in [1.165, 1.54) is 24.8 Å². The highest BCUT2D eigenvalue weighted by atomic mass is 19.1. The Kier molecular flexibility index (Phi) is 6.86. The third kappa shape index (κ3) is 4.78. The van der Waals surface area contributed by atoms with Crippen molar-refractivity contribution in [3.63, 3.8) is 0 Å². The van der Waals surface area contributed by atoms with E-state index >= 15 is 0 Å². The summed E-state index contributed by atoms with van der Waals surface area (Å²) in [7, 11) is 7.17. The molecule has 9 nitrogen and oxygen atoms in total. The van der Waals surface area contributed by atoms with Crippen LogP contribution in [0.3, 0.4) is 0 Å². The highest BCUT2D eigenvalue weighted by Crippen LogP contribution is 2.42. The van der Waals surface area contributed by atoms with Gasteiger partial charge in [-0.25, -0.2) is 19.0 Å². The number of hydrogen-bond donors (Lipinski definition) is 2. The van der Waals surface area contributed by atoms with Crippen LogP contribution in [0, 0.1) is 5.82 Å². The standard InChI is InChI=1S/C31H33FN6O3/c1-36(2)17-18-5-7-20(8-6-18)27-25(19-9-11-21(32)12-10-19)26-28-24(16-33-29(26)35-27)37(3)31(40)38(28)23-14-13-22(15-23)34-30(39)41-4/h5-12,16,22-23H,13-15,17H2,1-4H3,(H,33,35)(H,34,39)/t22-,23-/m1/s1. The molecule has 0 bridgehead atoms. The zero-order chi connectivity index (χ0) is 28.8. The van der Waals surface area contributed by atoms with Gasteiger partial charge in [0.1, 0.15) is 11.5 Å². The summed E-state index contributed by atoms with van der Waals surface area (Å²) < 4.78 is 22.3. The minimum absolute atomic E-state index is 0.0917. The average molecular weight is 557 g/mol. The predicted molar refractivity (Wildman–Crippen MR) is 157 cm³/mol. The molecule has 0 radical (unpaired) electrons. The largest absolute Gasteiger partial charge is 0.453 e. The lowest BCUT2D eigenvalue weighted by Crippen LogP contribution is -2.33. The van der Waals surface area contributed by atoms with Crippen LogP contribution in [0.2, 0.25) is 0 Å². The number of halogens is 1. The van der Waals surface area contributed by atoms with Crippen molar-refractivity contribution < 1.29 is 13.9 Å². The summed E-state index contributed by atoms with van der Waals surface area (Å²) in [6.07, 6.45) is 3.32. The van der Waals surface area contributed by atoms with E-state index in [9.17, 15) is 14.0 Å². The molecule has 1 aliphatic rings. The molecule has 2 atom stereocenters. The Balaban J connectivity index is 1.58. The number of methoxy groups -OCH3 is 1. The molecule has 3 aromatic heterocycles. The van der Waals surface area contributed by atoms with Crippen molar-refractivity contribution in [2.45, 2.75) is 37.9 Å². The number of benzene rings is 2. The van der Waals surface area contributed by atoms with Gasteiger partial charge in [-0.3, -0.25) is 9.13 Å². The lowest BCUT2D eigenvalue weighted by Gasteiger charge is -2.15. The van der Waals surface area contributed by atoms with Crippen LogP contribution in [0.15, 0.2) is 59.5 Å². The molecule has 1 saturated carbocycles. The first kappa shape index (κ1) is 26.8. The Hall–Kier alpha value is -4.44. The lowest BCUT2D eigenvalue weighted by molar-refractivity contribution is 0.166. The van der Waals surface area contributed by atoms with Crippen molar-refractivity contribution in [3.8, 4) is 22.4 Å². The maximum atomic E-state index is 14.0. The Labute approximate surface area is 236 Å². The van der Waals surface area contributed by atoms with Crippen LogP contribution in [0.1, 0.15) is 30.9 Å². The molecule has 41 heavy (non-hydrogen) atoms. The number of hydrogen-bond acceptors (Lipinski definition) is 5. The number of amides is 1. The summed E-state index contributed by atoms with van der Waals surface area (Å²) in [5, 5.41) is 3.69. The normalized spacial score (nSPS) is 17.1. The summed E-state index contributed by atoms with van der Waals surface area (Å²) in [4.78, 5) is 36.0. The van der Waals surface area contributed by atoms with Crippen LogP contribution >= 0.6 is 0 Å². The SMILES string of the molecule is COC(=O)N[C@@H]1CC[C@@H](n2c(=O)n(C)c3cnc4[nH]c(-c5ccc(CN(C)C)cc5)c(-c5ccc(F)cc5)c4c32)C1. The minimum atomic E-state index is -0.474. The molecule has 0 spiro atoms. The number of ether oxygens (including phenoxy) is 1. The smallest absolute Gasteiger partial charge is 0.407 e. The molecule has 1 amide bonds. The van der Waals surface area contributed by atoms with Gasteiger partial charge in [0.05, 0.1) is 35.4 Å². The van der Waals surface area contributed by atoms with E-state index in [1.54, 1.807) is 29.9 Å². The second kappa shape index (κ2) is 10.5. The fourth-order valence-electron chi connectivity index (χ4n) is 6.13. The van der Waals surface area contributed by atoms with Crippen molar-refractivity contribution >= 4 is 28.2 Å². The lowest BCUT2D eigenvalue weighted by atomic mass is 9.97. The second-order valence-electron chi connectivity index (χ2n) is 11.0. The number of alkyl carbamates (subject to hydrolysis) is 1. The van der Waals surface area contributed by atoms with Gasteiger partial charge in [-0.05, 0) is 62.2 Å². The zero-order valence-corrected chi connectivity index (χ0v) is 23.6. The molecule has 5 aromatic rings. The first-order valence-electron chi connectivity index (χ1n) is 13.7. The Morgan fingerprint density at radius 1 is 1.12 bits per heavy atom. The van der Waals surface area contributed by atoms with Crippen molar-refractivity contribution in [2.24, 2.45) is 7.05 Å². The van der Waals surface area contributed by atoms with Crippen LogP contribution < -0.4 is 11.0 Å². The number of carbonyl (C=O) groups excluding carboxylic acids is 1. The van der Waals surface area contributed by atoms with Gasteiger partial charge in [0.15, 0.2) is 0 Å². The first-order chi connectivity index (χ1) is 19.7. The molecule has 1 aliphatic carbocycles. The molecular formula is C31H33FN6O3. The van der Waals surface area contributed by atoms with Crippen LogP contribution in [-0.2, 0) is 18.3 Å². The molecule has 6 rings (SSSR count). The summed E-state index contributed by atoms with van der Waals surface area (Å²) in [5.74, 6) is -0.321. The van der Waals surface area contributed by atoms with Gasteiger partial charge in [-0.15, -0.1) is 0 Å². The maximum Gasteiger partial charge on any atom is 0.407 e. The van der Waals surface area contributed by atoms with Crippen molar-refractivity contribution in [1.29, 1.82) is 0 Å². The maximum absolute atomic E-state index is 14.0. The number of H-pyrrole nitrogens is 1. The van der Waals surface area contributed by atoms with Gasteiger partial charge in [0, 0.05) is 31.2 Å². The number of nitrogens with one attached hydrogen (secondary N) is 2. The predicted octanol–water partition coefficient (Wildman–Crippen LogP) is 5.20. The molecule has 0 aliphatic heterocycles. The quantitative estimate of drug-likeness (QED) is 0.300. The van der Waals surface area contributed by atoms with Crippen molar-refractivity contribution in [3.05, 3.63) is 76.6 Å². The van der Waals surface area contributed by atoms with Gasteiger partial charge < -0.3 is 19.9 Å². The van der Waals surface area contributed by atoms with Crippen LogP contribution in [-0.4, -0.2) is 57.3 Å². The Morgan fingerprint density at radius 3 is 2.51 bits per heavy atom. The molecule has 212 valence electrons. The van der Waals surface area contributed by atoms with Gasteiger partial charge in [-0.1, -0.05) is 36.4 Å². The highest BCUT2D eigenvalue weighted by Gasteiger charge is 2.32. The van der Waals surface area contributed by atoms with Crippen LogP contribution in [0.25, 0.3) is 44.5 Å². The molecule has 2 N–H and O–H groups in total. The number of imidazole rings is 1. The van der Waals surface area contributed by atoms with Gasteiger partial charge in [0.2, 0.25) is 0 Å². The summed E-state index contributed by atoms with van der Waals surface area (Å²) >= 11 is 0. The fourth-order valence-corrected chi connectivity index (χ4v) is 6.13. The van der Waals surface area contributed by atoms with Crippen molar-refractivity contribution in [1.82, 2.24) is 29.3 Å². The number of fused-ring (bicyclic) bond motifs is 3. The third-order valence-corrected chi connectivity index (χ3v) is 8.02. The molecule has 3 heterocycles. The van der Waals surface area contributed by atoms with E-state index in [0.717, 1.165) is 52.7 Å². The summed E-state index contributed by atoms with van der Waals surface area (Å²) in [6, 6.07) is 14.6. The minimum Gasteiger partial charge on any atom is -0.453 e. The topological polar surface area (TPSA) is 97.2 Å². The van der Waals surface area contributed by atoms with E-state index in [0.29, 0.717) is 17.6 Å². The molecule has 0 saturated heterocycles. The molecule has 1 fully saturated rings. The number of pyridine rings is 1. The number of aromatic nitrogens is 4. The molecule has 0 unspecified atom stereocenters. The zero-order valence-electron chi connectivity index (χ0n) is 23.6. The van der Waals surface area contributed by atoms with E-state index in [4.69, 9.17) is 9.72 Å². The summed E-state index contributed by atoms with van der Waals surface area (Å²) in [5.41, 5.74) is 6.67. The number of aryl methyl sites for hydroxylation is 1. The monoisotopic (exact) mass is 556 g/mol. The van der Waals surface area contributed by atoms with E-state index in [1.807, 2.05) is 18.7 Å². The van der Waals surface area contributed by atoms with E-state index in [-0.39, 0.29) is 23.6 Å². The van der Waals surface area contributed by atoms with Crippen molar-refractivity contribution in [2.75, 3.05) is 21.2 Å². The second-order valence-corrected chi connectivity index (χ2v) is 11.0. The molecule has 2 aromatic carbocycles. The highest BCUT2D eigenvalue weighted by molar-refractivity contribution is 6.14. The Bertz CT molecular complexity index is 1800. The average Bonchev–Trinajstić information content (AvgIpc) is 3.64. The van der Waals surface area contributed by atoms with Crippen LogP contribution in [0.5, 0.6) is 0 Å². The molecular weight excluding hydrogens is 523 g/mol. The van der Waals surface area contributed by atoms with Gasteiger partial charge in [-0.2, -0.15) is 0 Å². The number of aromatic amines is 1. The van der Waals surface area contributed by atoms with E-state index < -0.39 is 6.09 Å². The van der Waals surface area contributed by atoms with Gasteiger partial charge >= 0.3 is 11.8 Å². The summed E-state index contributed by atoms with van der Waals surface area (Å²) in [6.45, 7) is 0.823. The Morgan fingerprint density at radius 2 is 1.83 bits per heavy atom. The first-order valence-corrected chi connectivity index (χ1v) is 13.7. The fraction of sp³-hybridized carbons (Fsp3) is 0.323. The third-order valence-electron chi connectivity index (χ3n) is 8.02. The number of nitrogens with zero attached hydrogens (tertiary/aromatic N) is 4. The molecule has 10 heteroatoms. The number of carbonyl (C=O) groups is 1.